The van der Waals surface area contributed by atoms with Crippen LogP contribution in [0.2, 0.25) is 0 Å². The second-order valence-electron chi connectivity index (χ2n) is 6.57. The molecule has 0 saturated carbocycles. The Morgan fingerprint density at radius 3 is 2.74 bits per heavy atom. The largest absolute Gasteiger partial charge is 0.496 e. The van der Waals surface area contributed by atoms with Gasteiger partial charge in [0.25, 0.3) is 0 Å². The molecule has 0 spiro atoms. The molecule has 0 atom stereocenters. The molecule has 150 valence electrons. The van der Waals surface area contributed by atoms with Crippen molar-refractivity contribution in [1.82, 2.24) is 20.2 Å². The van der Waals surface area contributed by atoms with E-state index in [0.29, 0.717) is 12.5 Å². The van der Waals surface area contributed by atoms with Crippen LogP contribution in [0.15, 0.2) is 41.7 Å². The molecule has 0 aliphatic rings. The number of rotatable bonds is 9. The number of methoxy groups -OCH3 is 1. The van der Waals surface area contributed by atoms with Crippen LogP contribution >= 0.6 is 24.0 Å². The molecule has 6 nitrogen and oxygen atoms in total. The summed E-state index contributed by atoms with van der Waals surface area (Å²) in [6, 6.07) is 8.10. The highest BCUT2D eigenvalue weighted by molar-refractivity contribution is 14.0. The van der Waals surface area contributed by atoms with Crippen LogP contribution in [-0.4, -0.2) is 35.7 Å². The first kappa shape index (κ1) is 23.3. The lowest BCUT2D eigenvalue weighted by molar-refractivity contribution is 0.409. The molecular weight excluding hydrogens is 453 g/mol. The second kappa shape index (κ2) is 12.6. The summed E-state index contributed by atoms with van der Waals surface area (Å²) in [5, 5.41) is 6.68. The molecule has 0 aliphatic heterocycles. The van der Waals surface area contributed by atoms with Crippen molar-refractivity contribution < 1.29 is 4.74 Å². The summed E-state index contributed by atoms with van der Waals surface area (Å²) in [5.74, 6) is 3.30. The third kappa shape index (κ3) is 7.78. The third-order valence-corrected chi connectivity index (χ3v) is 3.97. The van der Waals surface area contributed by atoms with E-state index in [9.17, 15) is 0 Å². The summed E-state index contributed by atoms with van der Waals surface area (Å²) >= 11 is 0. The zero-order valence-electron chi connectivity index (χ0n) is 16.7. The standard InChI is InChI=1S/C20H31N5O.HI/c1-5-21-20(23-11-10-17-8-6-7-9-18(17)26-4)24-14-19-22-12-13-25(19)15-16(2)3;/h6-9,12-13,16H,5,10-11,14-15H2,1-4H3,(H2,21,23,24);1H. The van der Waals surface area contributed by atoms with Gasteiger partial charge in [-0.05, 0) is 30.9 Å². The van der Waals surface area contributed by atoms with Crippen LogP contribution in [0, 0.1) is 5.92 Å². The maximum atomic E-state index is 5.41. The van der Waals surface area contributed by atoms with Crippen molar-refractivity contribution in [2.45, 2.75) is 40.3 Å². The molecule has 0 amide bonds. The Labute approximate surface area is 179 Å². The van der Waals surface area contributed by atoms with Crippen molar-refractivity contribution in [2.24, 2.45) is 10.9 Å². The lowest BCUT2D eigenvalue weighted by atomic mass is 10.1. The first-order chi connectivity index (χ1) is 12.6. The molecule has 2 aromatic rings. The molecule has 0 bridgehead atoms. The lowest BCUT2D eigenvalue weighted by Crippen LogP contribution is -2.38. The van der Waals surface area contributed by atoms with Gasteiger partial charge in [0, 0.05) is 32.0 Å². The molecule has 7 heteroatoms. The molecule has 2 N–H and O–H groups in total. The predicted octanol–water partition coefficient (Wildman–Crippen LogP) is 3.46. The van der Waals surface area contributed by atoms with Gasteiger partial charge in [-0.25, -0.2) is 9.98 Å². The number of aliphatic imine (C=N–C) groups is 1. The van der Waals surface area contributed by atoms with Gasteiger partial charge in [-0.2, -0.15) is 0 Å². The van der Waals surface area contributed by atoms with E-state index in [1.54, 1.807) is 7.11 Å². The van der Waals surface area contributed by atoms with Crippen molar-refractivity contribution in [1.29, 1.82) is 0 Å². The van der Waals surface area contributed by atoms with Crippen LogP contribution in [0.3, 0.4) is 0 Å². The Balaban J connectivity index is 0.00000364. The number of hydrogen-bond donors (Lipinski definition) is 2. The minimum atomic E-state index is 0. The normalized spacial score (nSPS) is 11.2. The van der Waals surface area contributed by atoms with E-state index < -0.39 is 0 Å². The molecule has 0 radical (unpaired) electrons. The minimum Gasteiger partial charge on any atom is -0.496 e. The Kier molecular flexibility index (Phi) is 10.8. The number of halogens is 1. The highest BCUT2D eigenvalue weighted by Gasteiger charge is 2.06. The van der Waals surface area contributed by atoms with Crippen LogP contribution < -0.4 is 15.4 Å². The van der Waals surface area contributed by atoms with Gasteiger partial charge < -0.3 is 19.9 Å². The number of imidazole rings is 1. The number of ether oxygens (including phenoxy) is 1. The quantitative estimate of drug-likeness (QED) is 0.325. The van der Waals surface area contributed by atoms with Gasteiger partial charge in [0.1, 0.15) is 18.1 Å². The van der Waals surface area contributed by atoms with E-state index in [1.807, 2.05) is 30.6 Å². The maximum Gasteiger partial charge on any atom is 0.191 e. The molecule has 0 saturated heterocycles. The van der Waals surface area contributed by atoms with Gasteiger partial charge >= 0.3 is 0 Å². The highest BCUT2D eigenvalue weighted by Crippen LogP contribution is 2.17. The van der Waals surface area contributed by atoms with Crippen LogP contribution in [0.25, 0.3) is 0 Å². The number of hydrogen-bond acceptors (Lipinski definition) is 3. The van der Waals surface area contributed by atoms with E-state index >= 15 is 0 Å². The smallest absolute Gasteiger partial charge is 0.191 e. The van der Waals surface area contributed by atoms with Crippen molar-refractivity contribution >= 4 is 29.9 Å². The predicted molar refractivity (Wildman–Crippen MR) is 122 cm³/mol. The Hall–Kier alpha value is -1.77. The number of para-hydroxylation sites is 1. The van der Waals surface area contributed by atoms with Crippen molar-refractivity contribution in [3.8, 4) is 5.75 Å². The maximum absolute atomic E-state index is 5.41. The van der Waals surface area contributed by atoms with Crippen LogP contribution in [-0.2, 0) is 19.5 Å². The molecule has 0 fully saturated rings. The van der Waals surface area contributed by atoms with Crippen molar-refractivity contribution in [3.63, 3.8) is 0 Å². The van der Waals surface area contributed by atoms with E-state index in [0.717, 1.165) is 43.6 Å². The van der Waals surface area contributed by atoms with Gasteiger partial charge in [0.2, 0.25) is 0 Å². The topological polar surface area (TPSA) is 63.5 Å². The molecular formula is C20H32IN5O. The molecule has 1 aromatic heterocycles. The van der Waals surface area contributed by atoms with E-state index in [-0.39, 0.29) is 24.0 Å². The fourth-order valence-electron chi connectivity index (χ4n) is 2.77. The van der Waals surface area contributed by atoms with E-state index in [4.69, 9.17) is 4.74 Å². The first-order valence-corrected chi connectivity index (χ1v) is 9.28. The zero-order valence-corrected chi connectivity index (χ0v) is 19.1. The summed E-state index contributed by atoms with van der Waals surface area (Å²) in [6.45, 7) is 9.60. The number of aromatic nitrogens is 2. The van der Waals surface area contributed by atoms with Crippen molar-refractivity contribution in [3.05, 3.63) is 48.0 Å². The fraction of sp³-hybridized carbons (Fsp3) is 0.500. The van der Waals surface area contributed by atoms with Gasteiger partial charge in [-0.1, -0.05) is 32.0 Å². The first-order valence-electron chi connectivity index (χ1n) is 9.28. The van der Waals surface area contributed by atoms with Crippen LogP contribution in [0.4, 0.5) is 0 Å². The molecule has 0 aliphatic carbocycles. The van der Waals surface area contributed by atoms with Crippen LogP contribution in [0.5, 0.6) is 5.75 Å². The molecule has 27 heavy (non-hydrogen) atoms. The zero-order chi connectivity index (χ0) is 18.8. The monoisotopic (exact) mass is 485 g/mol. The summed E-state index contributed by atoms with van der Waals surface area (Å²) < 4.78 is 7.58. The SMILES string of the molecule is CCNC(=NCc1nccn1CC(C)C)NCCc1ccccc1OC.I. The number of nitrogens with zero attached hydrogens (tertiary/aromatic N) is 3. The highest BCUT2D eigenvalue weighted by atomic mass is 127. The van der Waals surface area contributed by atoms with E-state index in [2.05, 4.69) is 52.0 Å². The van der Waals surface area contributed by atoms with Gasteiger partial charge in [0.15, 0.2) is 5.96 Å². The number of nitrogens with one attached hydrogen (secondary N) is 2. The average Bonchev–Trinajstić information content (AvgIpc) is 3.06. The molecule has 1 aromatic carbocycles. The summed E-state index contributed by atoms with van der Waals surface area (Å²) in [5.41, 5.74) is 1.19. The van der Waals surface area contributed by atoms with Gasteiger partial charge in [0.05, 0.1) is 7.11 Å². The third-order valence-electron chi connectivity index (χ3n) is 3.97. The van der Waals surface area contributed by atoms with Gasteiger partial charge in [-0.3, -0.25) is 0 Å². The summed E-state index contributed by atoms with van der Waals surface area (Å²) in [7, 11) is 1.71. The van der Waals surface area contributed by atoms with Crippen molar-refractivity contribution in [2.75, 3.05) is 20.2 Å². The number of benzene rings is 1. The van der Waals surface area contributed by atoms with Crippen LogP contribution in [0.1, 0.15) is 32.2 Å². The molecule has 2 rings (SSSR count). The Bertz CT molecular complexity index is 699. The summed E-state index contributed by atoms with van der Waals surface area (Å²) in [6.07, 6.45) is 4.73. The summed E-state index contributed by atoms with van der Waals surface area (Å²) in [4.78, 5) is 9.11. The number of guanidine groups is 1. The minimum absolute atomic E-state index is 0. The van der Waals surface area contributed by atoms with Gasteiger partial charge in [-0.15, -0.1) is 24.0 Å². The van der Waals surface area contributed by atoms with E-state index in [1.165, 1.54) is 5.56 Å². The Morgan fingerprint density at radius 2 is 2.04 bits per heavy atom. The second-order valence-corrected chi connectivity index (χ2v) is 6.57. The lowest BCUT2D eigenvalue weighted by Gasteiger charge is -2.13. The molecule has 0 unspecified atom stereocenters. The average molecular weight is 485 g/mol. The fourth-order valence-corrected chi connectivity index (χ4v) is 2.77. The Morgan fingerprint density at radius 1 is 1.26 bits per heavy atom. The molecule has 1 heterocycles.